The molecule has 1 fully saturated rings. The van der Waals surface area contributed by atoms with E-state index in [1.54, 1.807) is 0 Å². The summed E-state index contributed by atoms with van der Waals surface area (Å²) >= 11 is 0. The van der Waals surface area contributed by atoms with Gasteiger partial charge in [0, 0.05) is 6.04 Å². The van der Waals surface area contributed by atoms with Crippen LogP contribution < -0.4 is 11.3 Å². The lowest BCUT2D eigenvalue weighted by Gasteiger charge is -2.34. The van der Waals surface area contributed by atoms with Crippen LogP contribution in [0.3, 0.4) is 0 Å². The third kappa shape index (κ3) is 2.77. The molecule has 0 spiro atoms. The van der Waals surface area contributed by atoms with Crippen LogP contribution in [0.25, 0.3) is 0 Å². The second-order valence-corrected chi connectivity index (χ2v) is 5.33. The molecule has 3 heteroatoms. The quantitative estimate of drug-likeness (QED) is 0.571. The van der Waals surface area contributed by atoms with Crippen LogP contribution in [0.5, 0.6) is 0 Å². The molecule has 1 aliphatic carbocycles. The summed E-state index contributed by atoms with van der Waals surface area (Å²) in [7, 11) is 0. The molecule has 1 saturated carbocycles. The average molecular weight is 224 g/mol. The normalized spacial score (nSPS) is 32.8. The van der Waals surface area contributed by atoms with Gasteiger partial charge in [-0.1, -0.05) is 19.8 Å². The van der Waals surface area contributed by atoms with E-state index in [1.807, 2.05) is 6.26 Å². The van der Waals surface area contributed by atoms with Crippen molar-refractivity contribution in [3.05, 3.63) is 11.8 Å². The van der Waals surface area contributed by atoms with Crippen molar-refractivity contribution in [2.75, 3.05) is 6.61 Å². The molecular formula is C13H24N2O. The van der Waals surface area contributed by atoms with Gasteiger partial charge in [-0.05, 0) is 43.1 Å². The summed E-state index contributed by atoms with van der Waals surface area (Å²) in [5.41, 5.74) is 4.38. The first-order valence-corrected chi connectivity index (χ1v) is 6.58. The zero-order valence-corrected chi connectivity index (χ0v) is 10.2. The van der Waals surface area contributed by atoms with Gasteiger partial charge in [-0.25, -0.2) is 0 Å². The standard InChI is InChI=1S/C13H24N2O/c1-10-4-6-11(7-5-10)13(15-14)12-3-2-8-16-9-12/h9-11,13,15H,2-8,14H2,1H3. The Labute approximate surface area is 98.4 Å². The van der Waals surface area contributed by atoms with Crippen LogP contribution in [0.4, 0.5) is 0 Å². The van der Waals surface area contributed by atoms with Gasteiger partial charge in [0.15, 0.2) is 0 Å². The van der Waals surface area contributed by atoms with Crippen LogP contribution in [-0.4, -0.2) is 12.6 Å². The first-order chi connectivity index (χ1) is 7.81. The molecule has 92 valence electrons. The van der Waals surface area contributed by atoms with Crippen LogP contribution in [0.2, 0.25) is 0 Å². The molecule has 0 amide bonds. The Morgan fingerprint density at radius 2 is 2.12 bits per heavy atom. The molecule has 0 bridgehead atoms. The summed E-state index contributed by atoms with van der Waals surface area (Å²) in [5.74, 6) is 7.32. The minimum atomic E-state index is 0.341. The fourth-order valence-electron chi connectivity index (χ4n) is 2.98. The minimum absolute atomic E-state index is 0.341. The molecule has 0 saturated heterocycles. The smallest absolute Gasteiger partial charge is 0.0876 e. The zero-order valence-electron chi connectivity index (χ0n) is 10.2. The fourth-order valence-corrected chi connectivity index (χ4v) is 2.98. The molecule has 2 aliphatic rings. The third-order valence-electron chi connectivity index (χ3n) is 4.07. The maximum Gasteiger partial charge on any atom is 0.0876 e. The van der Waals surface area contributed by atoms with Crippen LogP contribution in [0.1, 0.15) is 45.4 Å². The lowest BCUT2D eigenvalue weighted by atomic mass is 9.77. The largest absolute Gasteiger partial charge is 0.501 e. The number of rotatable bonds is 3. The molecule has 1 heterocycles. The highest BCUT2D eigenvalue weighted by molar-refractivity contribution is 5.11. The van der Waals surface area contributed by atoms with Crippen molar-refractivity contribution in [1.29, 1.82) is 0 Å². The predicted octanol–water partition coefficient (Wildman–Crippen LogP) is 2.34. The van der Waals surface area contributed by atoms with E-state index >= 15 is 0 Å². The van der Waals surface area contributed by atoms with Gasteiger partial charge in [-0.2, -0.15) is 0 Å². The Morgan fingerprint density at radius 1 is 1.38 bits per heavy atom. The Balaban J connectivity index is 1.96. The molecule has 1 unspecified atom stereocenters. The number of hydrogen-bond donors (Lipinski definition) is 2. The Hall–Kier alpha value is -0.540. The molecule has 0 radical (unpaired) electrons. The lowest BCUT2D eigenvalue weighted by molar-refractivity contribution is 0.199. The molecular weight excluding hydrogens is 200 g/mol. The van der Waals surface area contributed by atoms with Crippen molar-refractivity contribution in [3.63, 3.8) is 0 Å². The maximum absolute atomic E-state index is 5.72. The molecule has 1 atom stereocenters. The molecule has 2 rings (SSSR count). The summed E-state index contributed by atoms with van der Waals surface area (Å²) in [5, 5.41) is 0. The van der Waals surface area contributed by atoms with E-state index in [2.05, 4.69) is 12.3 Å². The van der Waals surface area contributed by atoms with E-state index < -0.39 is 0 Å². The van der Waals surface area contributed by atoms with Gasteiger partial charge in [0.1, 0.15) is 0 Å². The molecule has 0 aromatic rings. The van der Waals surface area contributed by atoms with E-state index in [0.717, 1.165) is 25.4 Å². The van der Waals surface area contributed by atoms with E-state index in [4.69, 9.17) is 10.6 Å². The van der Waals surface area contributed by atoms with Crippen molar-refractivity contribution < 1.29 is 4.74 Å². The summed E-state index contributed by atoms with van der Waals surface area (Å²) in [6.07, 6.45) is 9.49. The molecule has 3 nitrogen and oxygen atoms in total. The summed E-state index contributed by atoms with van der Waals surface area (Å²) in [4.78, 5) is 0. The van der Waals surface area contributed by atoms with Crippen LogP contribution in [0, 0.1) is 11.8 Å². The van der Waals surface area contributed by atoms with Gasteiger partial charge in [-0.15, -0.1) is 0 Å². The predicted molar refractivity (Wildman–Crippen MR) is 65.5 cm³/mol. The highest BCUT2D eigenvalue weighted by Gasteiger charge is 2.28. The number of hydrazine groups is 1. The van der Waals surface area contributed by atoms with Gasteiger partial charge in [0.2, 0.25) is 0 Å². The Morgan fingerprint density at radius 3 is 2.69 bits per heavy atom. The van der Waals surface area contributed by atoms with Crippen molar-refractivity contribution in [2.24, 2.45) is 17.7 Å². The fraction of sp³-hybridized carbons (Fsp3) is 0.846. The number of hydrogen-bond acceptors (Lipinski definition) is 3. The second kappa shape index (κ2) is 5.69. The summed E-state index contributed by atoms with van der Waals surface area (Å²) in [6, 6.07) is 0.341. The van der Waals surface area contributed by atoms with Crippen molar-refractivity contribution in [1.82, 2.24) is 5.43 Å². The first kappa shape index (κ1) is 11.9. The van der Waals surface area contributed by atoms with Gasteiger partial charge in [-0.3, -0.25) is 11.3 Å². The summed E-state index contributed by atoms with van der Waals surface area (Å²) in [6.45, 7) is 3.21. The summed E-state index contributed by atoms with van der Waals surface area (Å²) < 4.78 is 5.42. The third-order valence-corrected chi connectivity index (χ3v) is 4.07. The monoisotopic (exact) mass is 224 g/mol. The molecule has 3 N–H and O–H groups in total. The Bertz CT molecular complexity index is 244. The highest BCUT2D eigenvalue weighted by atomic mass is 16.5. The van der Waals surface area contributed by atoms with Crippen molar-refractivity contribution in [3.8, 4) is 0 Å². The Kier molecular flexibility index (Phi) is 4.24. The van der Waals surface area contributed by atoms with Gasteiger partial charge < -0.3 is 4.74 Å². The van der Waals surface area contributed by atoms with Crippen LogP contribution in [0.15, 0.2) is 11.8 Å². The molecule has 16 heavy (non-hydrogen) atoms. The number of ether oxygens (including phenoxy) is 1. The van der Waals surface area contributed by atoms with E-state index in [-0.39, 0.29) is 0 Å². The SMILES string of the molecule is CC1CCC(C(NN)C2=COCCC2)CC1. The first-order valence-electron chi connectivity index (χ1n) is 6.58. The zero-order chi connectivity index (χ0) is 11.4. The number of nitrogens with one attached hydrogen (secondary N) is 1. The van der Waals surface area contributed by atoms with Crippen molar-refractivity contribution >= 4 is 0 Å². The number of nitrogens with two attached hydrogens (primary N) is 1. The van der Waals surface area contributed by atoms with Crippen LogP contribution in [-0.2, 0) is 4.74 Å². The van der Waals surface area contributed by atoms with E-state index in [1.165, 1.54) is 31.3 Å². The molecule has 0 aromatic heterocycles. The van der Waals surface area contributed by atoms with Gasteiger partial charge in [0.05, 0.1) is 12.9 Å². The van der Waals surface area contributed by atoms with Crippen molar-refractivity contribution in [2.45, 2.75) is 51.5 Å². The topological polar surface area (TPSA) is 47.3 Å². The van der Waals surface area contributed by atoms with Gasteiger partial charge in [0.25, 0.3) is 0 Å². The molecule has 1 aliphatic heterocycles. The van der Waals surface area contributed by atoms with E-state index in [9.17, 15) is 0 Å². The van der Waals surface area contributed by atoms with E-state index in [0.29, 0.717) is 12.0 Å². The lowest BCUT2D eigenvalue weighted by Crippen LogP contribution is -2.44. The van der Waals surface area contributed by atoms with Crippen LogP contribution >= 0.6 is 0 Å². The molecule has 0 aromatic carbocycles. The van der Waals surface area contributed by atoms with Gasteiger partial charge >= 0.3 is 0 Å². The average Bonchev–Trinajstić information content (AvgIpc) is 2.34. The minimum Gasteiger partial charge on any atom is -0.501 e. The maximum atomic E-state index is 5.72. The second-order valence-electron chi connectivity index (χ2n) is 5.33. The highest BCUT2D eigenvalue weighted by Crippen LogP contribution is 2.33.